The minimum Gasteiger partial charge on any atom is -0.465 e. The zero-order valence-electron chi connectivity index (χ0n) is 14.3. The number of esters is 1. The van der Waals surface area contributed by atoms with E-state index in [0.717, 1.165) is 15.3 Å². The highest BCUT2D eigenvalue weighted by Crippen LogP contribution is 2.33. The second-order valence-electron chi connectivity index (χ2n) is 5.44. The van der Waals surface area contributed by atoms with Crippen molar-refractivity contribution in [3.05, 3.63) is 45.8 Å². The lowest BCUT2D eigenvalue weighted by Gasteiger charge is -2.06. The molecule has 0 saturated carbocycles. The standard InChI is InChI=1S/C18H21NO3S2/c1-11-5-7-14(8-6-11)23-10-9-15(20)19-17-16(18(21)22-4)12(2)13(3)24-17/h5-8H,9-10H2,1-4H3,(H,19,20). The van der Waals surface area contributed by atoms with Crippen LogP contribution in [-0.4, -0.2) is 24.7 Å². The molecule has 0 fully saturated rings. The summed E-state index contributed by atoms with van der Waals surface area (Å²) in [6.07, 6.45) is 0.384. The van der Waals surface area contributed by atoms with Crippen LogP contribution in [0.15, 0.2) is 29.2 Å². The van der Waals surface area contributed by atoms with Crippen molar-refractivity contribution in [2.45, 2.75) is 32.1 Å². The Bertz CT molecular complexity index is 735. The molecule has 0 spiro atoms. The van der Waals surface area contributed by atoms with Crippen LogP contribution in [0, 0.1) is 20.8 Å². The number of nitrogens with one attached hydrogen (secondary N) is 1. The molecule has 1 N–H and O–H groups in total. The monoisotopic (exact) mass is 363 g/mol. The van der Waals surface area contributed by atoms with E-state index in [1.165, 1.54) is 24.0 Å². The van der Waals surface area contributed by atoms with E-state index in [4.69, 9.17) is 4.74 Å². The van der Waals surface area contributed by atoms with Crippen molar-refractivity contribution in [3.63, 3.8) is 0 Å². The SMILES string of the molecule is COC(=O)c1c(NC(=O)CCSc2ccc(C)cc2)sc(C)c1C. The van der Waals surface area contributed by atoms with Crippen molar-refractivity contribution < 1.29 is 14.3 Å². The minimum absolute atomic E-state index is 0.0963. The lowest BCUT2D eigenvalue weighted by molar-refractivity contribution is -0.115. The summed E-state index contributed by atoms with van der Waals surface area (Å²) in [6.45, 7) is 5.84. The fourth-order valence-corrected chi connectivity index (χ4v) is 4.06. The largest absolute Gasteiger partial charge is 0.465 e. The summed E-state index contributed by atoms with van der Waals surface area (Å²) in [7, 11) is 1.35. The molecule has 1 aromatic heterocycles. The first-order chi connectivity index (χ1) is 11.4. The number of amides is 1. The van der Waals surface area contributed by atoms with Gasteiger partial charge in [-0.25, -0.2) is 4.79 Å². The summed E-state index contributed by atoms with van der Waals surface area (Å²) in [5.41, 5.74) is 2.53. The van der Waals surface area contributed by atoms with Crippen molar-refractivity contribution in [2.75, 3.05) is 18.2 Å². The highest BCUT2D eigenvalue weighted by molar-refractivity contribution is 7.99. The second kappa shape index (κ2) is 8.35. The molecule has 0 unspecified atom stereocenters. The Hall–Kier alpha value is -1.79. The van der Waals surface area contributed by atoms with Crippen LogP contribution in [0.3, 0.4) is 0 Å². The van der Waals surface area contributed by atoms with Gasteiger partial charge in [-0.05, 0) is 38.5 Å². The van der Waals surface area contributed by atoms with Gasteiger partial charge in [-0.3, -0.25) is 4.79 Å². The first-order valence-electron chi connectivity index (χ1n) is 7.60. The van der Waals surface area contributed by atoms with Gasteiger partial charge in [0.15, 0.2) is 0 Å². The maximum Gasteiger partial charge on any atom is 0.341 e. The molecule has 2 rings (SSSR count). The van der Waals surface area contributed by atoms with Gasteiger partial charge in [-0.15, -0.1) is 23.1 Å². The van der Waals surface area contributed by atoms with Gasteiger partial charge in [0, 0.05) is 21.9 Å². The van der Waals surface area contributed by atoms with Gasteiger partial charge in [-0.2, -0.15) is 0 Å². The number of hydrogen-bond acceptors (Lipinski definition) is 5. The van der Waals surface area contributed by atoms with E-state index in [2.05, 4.69) is 29.6 Å². The van der Waals surface area contributed by atoms with Crippen LogP contribution in [0.1, 0.15) is 32.8 Å². The van der Waals surface area contributed by atoms with E-state index in [9.17, 15) is 9.59 Å². The quantitative estimate of drug-likeness (QED) is 0.603. The van der Waals surface area contributed by atoms with E-state index >= 15 is 0 Å². The van der Waals surface area contributed by atoms with Crippen LogP contribution in [0.5, 0.6) is 0 Å². The number of ether oxygens (including phenoxy) is 1. The van der Waals surface area contributed by atoms with Crippen LogP contribution in [0.25, 0.3) is 0 Å². The number of carbonyl (C=O) groups is 2. The van der Waals surface area contributed by atoms with Crippen LogP contribution in [0.2, 0.25) is 0 Å². The minimum atomic E-state index is -0.416. The Labute approximate surface area is 150 Å². The maximum atomic E-state index is 12.2. The normalized spacial score (nSPS) is 10.5. The fourth-order valence-electron chi connectivity index (χ4n) is 2.15. The molecule has 6 heteroatoms. The molecule has 4 nitrogen and oxygen atoms in total. The van der Waals surface area contributed by atoms with Gasteiger partial charge in [0.05, 0.1) is 12.7 Å². The van der Waals surface area contributed by atoms with E-state index in [-0.39, 0.29) is 5.91 Å². The van der Waals surface area contributed by atoms with Crippen LogP contribution >= 0.6 is 23.1 Å². The molecule has 0 aliphatic carbocycles. The highest BCUT2D eigenvalue weighted by Gasteiger charge is 2.21. The van der Waals surface area contributed by atoms with Gasteiger partial charge < -0.3 is 10.1 Å². The maximum absolute atomic E-state index is 12.2. The number of benzene rings is 1. The molecule has 2 aromatic rings. The predicted octanol–water partition coefficient (Wildman–Crippen LogP) is 4.58. The number of methoxy groups -OCH3 is 1. The highest BCUT2D eigenvalue weighted by atomic mass is 32.2. The first-order valence-corrected chi connectivity index (χ1v) is 9.40. The zero-order valence-corrected chi connectivity index (χ0v) is 15.9. The average Bonchev–Trinajstić information content (AvgIpc) is 2.83. The Morgan fingerprint density at radius 3 is 2.46 bits per heavy atom. The number of anilines is 1. The number of carbonyl (C=O) groups excluding carboxylic acids is 2. The number of rotatable bonds is 6. The Balaban J connectivity index is 1.94. The molecule has 0 aliphatic heterocycles. The van der Waals surface area contributed by atoms with Gasteiger partial charge >= 0.3 is 5.97 Å². The number of thiophene rings is 1. The zero-order chi connectivity index (χ0) is 17.7. The van der Waals surface area contributed by atoms with Crippen molar-refractivity contribution in [1.82, 2.24) is 0 Å². The molecular weight excluding hydrogens is 342 g/mol. The second-order valence-corrected chi connectivity index (χ2v) is 7.83. The smallest absolute Gasteiger partial charge is 0.341 e. The summed E-state index contributed by atoms with van der Waals surface area (Å²) < 4.78 is 4.81. The molecule has 1 heterocycles. The Kier molecular flexibility index (Phi) is 6.45. The van der Waals surface area contributed by atoms with Crippen LogP contribution in [0.4, 0.5) is 5.00 Å². The Morgan fingerprint density at radius 1 is 1.17 bits per heavy atom. The van der Waals surface area contributed by atoms with Gasteiger partial charge in [0.25, 0.3) is 0 Å². The lowest BCUT2D eigenvalue weighted by atomic mass is 10.1. The lowest BCUT2D eigenvalue weighted by Crippen LogP contribution is -2.14. The third-order valence-electron chi connectivity index (χ3n) is 3.65. The topological polar surface area (TPSA) is 55.4 Å². The number of thioether (sulfide) groups is 1. The van der Waals surface area contributed by atoms with E-state index in [1.807, 2.05) is 20.8 Å². The Morgan fingerprint density at radius 2 is 1.83 bits per heavy atom. The molecule has 0 atom stereocenters. The molecule has 0 radical (unpaired) electrons. The van der Waals surface area contributed by atoms with Crippen molar-refractivity contribution in [2.24, 2.45) is 0 Å². The van der Waals surface area contributed by atoms with Gasteiger partial charge in [0.2, 0.25) is 5.91 Å². The molecule has 128 valence electrons. The van der Waals surface area contributed by atoms with E-state index in [1.54, 1.807) is 11.8 Å². The van der Waals surface area contributed by atoms with Crippen molar-refractivity contribution >= 4 is 40.0 Å². The number of aryl methyl sites for hydroxylation is 2. The van der Waals surface area contributed by atoms with Crippen molar-refractivity contribution in [3.8, 4) is 0 Å². The summed E-state index contributed by atoms with van der Waals surface area (Å²) in [5, 5.41) is 3.42. The van der Waals surface area contributed by atoms with Crippen LogP contribution in [-0.2, 0) is 9.53 Å². The third-order valence-corrected chi connectivity index (χ3v) is 5.78. The molecule has 1 aromatic carbocycles. The number of hydrogen-bond donors (Lipinski definition) is 1. The summed E-state index contributed by atoms with van der Waals surface area (Å²) in [4.78, 5) is 26.2. The van der Waals surface area contributed by atoms with Crippen molar-refractivity contribution in [1.29, 1.82) is 0 Å². The summed E-state index contributed by atoms with van der Waals surface area (Å²) in [6, 6.07) is 8.23. The third kappa shape index (κ3) is 4.61. The molecular formula is C18H21NO3S2. The molecule has 0 saturated heterocycles. The van der Waals surface area contributed by atoms with Crippen LogP contribution < -0.4 is 5.32 Å². The summed E-state index contributed by atoms with van der Waals surface area (Å²) in [5.74, 6) is 0.174. The first kappa shape index (κ1) is 18.5. The fraction of sp³-hybridized carbons (Fsp3) is 0.333. The van der Waals surface area contributed by atoms with Gasteiger partial charge in [-0.1, -0.05) is 17.7 Å². The van der Waals surface area contributed by atoms with E-state index in [0.29, 0.717) is 22.7 Å². The summed E-state index contributed by atoms with van der Waals surface area (Å²) >= 11 is 3.05. The molecule has 0 bridgehead atoms. The van der Waals surface area contributed by atoms with E-state index < -0.39 is 5.97 Å². The predicted molar refractivity (Wildman–Crippen MR) is 100 cm³/mol. The molecule has 0 aliphatic rings. The molecule has 24 heavy (non-hydrogen) atoms. The molecule has 1 amide bonds. The van der Waals surface area contributed by atoms with Gasteiger partial charge in [0.1, 0.15) is 5.00 Å². The average molecular weight is 364 g/mol.